The fourth-order valence-corrected chi connectivity index (χ4v) is 4.65. The second-order valence-electron chi connectivity index (χ2n) is 11.5. The van der Waals surface area contributed by atoms with E-state index in [1.165, 1.54) is 24.3 Å². The van der Waals surface area contributed by atoms with Gasteiger partial charge in [-0.2, -0.15) is 13.2 Å². The molecule has 1 heterocycles. The molecule has 0 aliphatic heterocycles. The maximum atomic E-state index is 13.6. The van der Waals surface area contributed by atoms with Crippen molar-refractivity contribution < 1.29 is 27.0 Å². The van der Waals surface area contributed by atoms with E-state index < -0.39 is 11.7 Å². The van der Waals surface area contributed by atoms with Gasteiger partial charge in [0.25, 0.3) is 0 Å². The fourth-order valence-electron chi connectivity index (χ4n) is 4.65. The summed E-state index contributed by atoms with van der Waals surface area (Å²) in [5.74, 6) is 0.986. The van der Waals surface area contributed by atoms with Gasteiger partial charge in [0.1, 0.15) is 23.0 Å². The van der Waals surface area contributed by atoms with Crippen LogP contribution in [-0.4, -0.2) is 30.4 Å². The minimum absolute atomic E-state index is 0.128. The van der Waals surface area contributed by atoms with E-state index in [0.29, 0.717) is 59.3 Å². The maximum absolute atomic E-state index is 13.6. The van der Waals surface area contributed by atoms with Gasteiger partial charge in [-0.25, -0.2) is 9.37 Å². The summed E-state index contributed by atoms with van der Waals surface area (Å²) in [4.78, 5) is 4.84. The number of pyridine rings is 1. The lowest BCUT2D eigenvalue weighted by atomic mass is 10.0. The van der Waals surface area contributed by atoms with Gasteiger partial charge in [0.2, 0.25) is 0 Å². The summed E-state index contributed by atoms with van der Waals surface area (Å²) < 4.78 is 65.7. The molecule has 5 nitrogen and oxygen atoms in total. The quantitative estimate of drug-likeness (QED) is 0.141. The van der Waals surface area contributed by atoms with E-state index in [0.717, 1.165) is 47.4 Å². The van der Waals surface area contributed by atoms with Crippen LogP contribution >= 0.6 is 0 Å². The van der Waals surface area contributed by atoms with Crippen molar-refractivity contribution in [1.29, 1.82) is 0 Å². The number of benzene rings is 2. The number of nitrogens with two attached hydrogens (primary N) is 1. The van der Waals surface area contributed by atoms with Gasteiger partial charge in [-0.15, -0.1) is 0 Å². The summed E-state index contributed by atoms with van der Waals surface area (Å²) >= 11 is 0. The van der Waals surface area contributed by atoms with Crippen molar-refractivity contribution in [3.63, 3.8) is 0 Å². The second kappa shape index (κ2) is 17.4. The minimum Gasteiger partial charge on any atom is -0.491 e. The third-order valence-corrected chi connectivity index (χ3v) is 7.09. The van der Waals surface area contributed by atoms with Crippen LogP contribution in [0, 0.1) is 12.7 Å². The molecule has 1 aromatic heterocycles. The lowest BCUT2D eigenvalue weighted by molar-refractivity contribution is -0.0881. The van der Waals surface area contributed by atoms with Crippen LogP contribution in [0.15, 0.2) is 97.3 Å². The summed E-state index contributed by atoms with van der Waals surface area (Å²) in [7, 11) is 0. The Balaban J connectivity index is 0.00000148. The molecule has 3 aromatic rings. The fraction of sp³-hybridized carbons (Fsp3) is 0.308. The maximum Gasteiger partial charge on any atom is 0.416 e. The van der Waals surface area contributed by atoms with Crippen molar-refractivity contribution in [3.05, 3.63) is 125 Å². The largest absolute Gasteiger partial charge is 0.491 e. The van der Waals surface area contributed by atoms with Crippen LogP contribution in [0.3, 0.4) is 0 Å². The lowest BCUT2D eigenvalue weighted by Crippen LogP contribution is -2.16. The van der Waals surface area contributed by atoms with Crippen molar-refractivity contribution in [1.82, 2.24) is 10.3 Å². The Morgan fingerprint density at radius 3 is 2.31 bits per heavy atom. The molecule has 3 N–H and O–H groups in total. The minimum atomic E-state index is -4.45. The van der Waals surface area contributed by atoms with Gasteiger partial charge >= 0.3 is 6.18 Å². The highest BCUT2D eigenvalue weighted by molar-refractivity contribution is 5.75. The van der Waals surface area contributed by atoms with E-state index in [9.17, 15) is 17.6 Å². The second-order valence-corrected chi connectivity index (χ2v) is 11.5. The molecule has 0 bridgehead atoms. The number of aryl methyl sites for hydroxylation is 1. The van der Waals surface area contributed by atoms with E-state index in [1.54, 1.807) is 32.9 Å². The number of hydrogen-bond donors (Lipinski definition) is 2. The molecule has 2 aromatic carbocycles. The van der Waals surface area contributed by atoms with Gasteiger partial charge in [0.05, 0.1) is 18.3 Å². The van der Waals surface area contributed by atoms with E-state index in [1.807, 2.05) is 38.1 Å². The number of ether oxygens (including phenoxy) is 2. The smallest absolute Gasteiger partial charge is 0.416 e. The Bertz CT molecular complexity index is 1660. The van der Waals surface area contributed by atoms with Crippen LogP contribution in [0.25, 0.3) is 22.5 Å². The molecular formula is C39H45F4N3O2. The highest BCUT2D eigenvalue weighted by Crippen LogP contribution is 2.35. The first-order valence-electron chi connectivity index (χ1n) is 15.9. The van der Waals surface area contributed by atoms with Gasteiger partial charge in [-0.05, 0) is 124 Å². The predicted molar refractivity (Wildman–Crippen MR) is 188 cm³/mol. The molecule has 1 aliphatic carbocycles. The first-order valence-corrected chi connectivity index (χ1v) is 15.9. The van der Waals surface area contributed by atoms with Gasteiger partial charge < -0.3 is 20.5 Å². The number of aromatic nitrogens is 1. The molecule has 0 spiro atoms. The Labute approximate surface area is 281 Å². The zero-order valence-corrected chi connectivity index (χ0v) is 28.3. The summed E-state index contributed by atoms with van der Waals surface area (Å²) in [6, 6.07) is 13.8. The van der Waals surface area contributed by atoms with Crippen LogP contribution in [0.2, 0.25) is 0 Å². The van der Waals surface area contributed by atoms with Crippen LogP contribution < -0.4 is 20.5 Å². The van der Waals surface area contributed by atoms with Gasteiger partial charge in [-0.1, -0.05) is 31.4 Å². The van der Waals surface area contributed by atoms with Crippen LogP contribution in [-0.2, 0) is 6.42 Å². The average molecular weight is 664 g/mol. The molecule has 0 unspecified atom stereocenters. The predicted octanol–water partition coefficient (Wildman–Crippen LogP) is 9.89. The number of nitrogens with one attached hydrogen (secondary N) is 1. The third kappa shape index (κ3) is 11.5. The van der Waals surface area contributed by atoms with E-state index in [4.69, 9.17) is 20.2 Å². The molecule has 1 saturated carbocycles. The van der Waals surface area contributed by atoms with Crippen LogP contribution in [0.4, 0.5) is 17.6 Å². The Kier molecular flexibility index (Phi) is 13.6. The Morgan fingerprint density at radius 1 is 1.06 bits per heavy atom. The molecule has 0 atom stereocenters. The number of rotatable bonds is 13. The van der Waals surface area contributed by atoms with Gasteiger partial charge in [0.15, 0.2) is 0 Å². The molecule has 1 aliphatic rings. The molecule has 48 heavy (non-hydrogen) atoms. The third-order valence-electron chi connectivity index (χ3n) is 7.09. The SMILES string of the molecule is C=C(C)N.C=C(NCCc1cc(C)c(OCC)c(-c2ccc(F)cc2)n1)c1ccc(OC2CC2)c(/C(C)=C/C=C(\C=C\C)C(F)(F)F)c1. The van der Waals surface area contributed by atoms with Crippen molar-refractivity contribution in [2.75, 3.05) is 13.2 Å². The van der Waals surface area contributed by atoms with E-state index >= 15 is 0 Å². The number of alkyl halides is 3. The molecule has 256 valence electrons. The zero-order chi connectivity index (χ0) is 35.4. The zero-order valence-electron chi connectivity index (χ0n) is 28.3. The highest BCUT2D eigenvalue weighted by Gasteiger charge is 2.31. The number of hydrogen-bond acceptors (Lipinski definition) is 5. The van der Waals surface area contributed by atoms with Crippen molar-refractivity contribution >= 4 is 11.3 Å². The molecule has 0 radical (unpaired) electrons. The van der Waals surface area contributed by atoms with Crippen molar-refractivity contribution in [2.45, 2.75) is 66.2 Å². The topological polar surface area (TPSA) is 69.4 Å². The summed E-state index contributed by atoms with van der Waals surface area (Å²) in [6.45, 7) is 17.5. The summed E-state index contributed by atoms with van der Waals surface area (Å²) in [5, 5.41) is 3.35. The van der Waals surface area contributed by atoms with E-state index in [2.05, 4.69) is 18.5 Å². The number of nitrogens with zero attached hydrogens (tertiary/aromatic N) is 1. The van der Waals surface area contributed by atoms with E-state index in [-0.39, 0.29) is 11.9 Å². The monoisotopic (exact) mass is 663 g/mol. The summed E-state index contributed by atoms with van der Waals surface area (Å²) in [5.41, 5.74) is 10.9. The molecule has 0 saturated heterocycles. The average Bonchev–Trinajstić information content (AvgIpc) is 3.84. The molecule has 0 amide bonds. The number of halogens is 4. The first kappa shape index (κ1) is 37.7. The normalized spacial score (nSPS) is 13.5. The Hall–Kier alpha value is -4.79. The molecular weight excluding hydrogens is 618 g/mol. The van der Waals surface area contributed by atoms with Gasteiger partial charge in [0, 0.05) is 35.5 Å². The summed E-state index contributed by atoms with van der Waals surface area (Å²) in [6.07, 6.45) is 3.16. The van der Waals surface area contributed by atoms with Crippen LogP contribution in [0.5, 0.6) is 11.5 Å². The Morgan fingerprint density at radius 2 is 1.73 bits per heavy atom. The van der Waals surface area contributed by atoms with Gasteiger partial charge in [-0.3, -0.25) is 0 Å². The highest BCUT2D eigenvalue weighted by atomic mass is 19.4. The lowest BCUT2D eigenvalue weighted by Gasteiger charge is -2.17. The molecule has 1 fully saturated rings. The van der Waals surface area contributed by atoms with Crippen molar-refractivity contribution in [3.8, 4) is 22.8 Å². The first-order chi connectivity index (χ1) is 22.7. The number of allylic oxidation sites excluding steroid dienone is 7. The standard InChI is InChI=1S/C36H38F4N2O2.C3H7N/c1-6-8-28(36(38,39)40)13-9-23(3)32-22-27(12-18-33(32)44-31-16-17-31)25(5)41-20-19-30-21-24(4)35(43-7-2)34(42-30)26-10-14-29(37)15-11-26;1-3(2)4/h6,8-15,18,21-22,31,41H,5,7,16-17,19-20H2,1-4H3;1,4H2,2H3/b8-6+,23-9+,28-13+;. The molecule has 4 rings (SSSR count). The van der Waals surface area contributed by atoms with Crippen molar-refractivity contribution in [2.24, 2.45) is 5.73 Å². The van der Waals surface area contributed by atoms with Crippen LogP contribution in [0.1, 0.15) is 62.9 Å². The molecule has 9 heteroatoms.